The maximum atomic E-state index is 12.0. The third kappa shape index (κ3) is 9.64. The molecule has 2 aliphatic heterocycles. The van der Waals surface area contributed by atoms with Gasteiger partial charge in [0.15, 0.2) is 18.1 Å². The summed E-state index contributed by atoms with van der Waals surface area (Å²) in [4.78, 5) is 40.9. The Balaban J connectivity index is 1.46. The molecule has 0 aliphatic carbocycles. The van der Waals surface area contributed by atoms with Crippen molar-refractivity contribution in [3.63, 3.8) is 0 Å². The molecule has 9 nitrogen and oxygen atoms in total. The van der Waals surface area contributed by atoms with Crippen LogP contribution in [0.25, 0.3) is 0 Å². The molecule has 0 saturated carbocycles. The van der Waals surface area contributed by atoms with E-state index in [2.05, 4.69) is 16.0 Å². The number of thioether (sulfide) groups is 1. The number of carbonyl (C=O) groups excluding carboxylic acids is 2. The molecule has 0 aromatic carbocycles. The van der Waals surface area contributed by atoms with Crippen molar-refractivity contribution in [2.75, 3.05) is 25.5 Å². The Morgan fingerprint density at radius 3 is 2.66 bits per heavy atom. The van der Waals surface area contributed by atoms with Crippen LogP contribution in [-0.4, -0.2) is 64.6 Å². The fourth-order valence-corrected chi connectivity index (χ4v) is 5.84. The van der Waals surface area contributed by atoms with Gasteiger partial charge in [0.2, 0.25) is 5.91 Å². The molecule has 3 amide bonds. The first kappa shape index (κ1) is 25.1. The highest BCUT2D eigenvalue weighted by Gasteiger charge is 2.42. The van der Waals surface area contributed by atoms with Crippen LogP contribution in [-0.2, 0) is 13.8 Å². The minimum Gasteiger partial charge on any atom is -0.356 e. The van der Waals surface area contributed by atoms with Crippen LogP contribution in [0, 0.1) is 5.92 Å². The van der Waals surface area contributed by atoms with Gasteiger partial charge in [-0.1, -0.05) is 12.8 Å². The number of carbonyl (C=O) groups is 2. The monoisotopic (exact) mass is 469 g/mol. The standard InChI is InChI=1S/C17H33N3O6P2S/c21-15(18-8-4-3-5-12(9-25-27-23)10-26-28-24)7-2-1-6-14-16-13(11-29-14)19-17(22)20-16/h12-14,16,23-24,27-28H,1-11H2,(H,18,21)(H2,19,20,22). The van der Waals surface area contributed by atoms with Crippen molar-refractivity contribution in [3.8, 4) is 0 Å². The predicted molar refractivity (Wildman–Crippen MR) is 117 cm³/mol. The average molecular weight is 469 g/mol. The highest BCUT2D eigenvalue weighted by Crippen LogP contribution is 2.33. The number of fused-ring (bicyclic) bond motifs is 1. The molecule has 5 unspecified atom stereocenters. The van der Waals surface area contributed by atoms with Crippen LogP contribution in [0.2, 0.25) is 0 Å². The first-order valence-corrected chi connectivity index (χ1v) is 12.9. The van der Waals surface area contributed by atoms with E-state index in [9.17, 15) is 9.59 Å². The van der Waals surface area contributed by atoms with Gasteiger partial charge in [-0.25, -0.2) is 4.79 Å². The fraction of sp³-hybridized carbons (Fsp3) is 0.882. The van der Waals surface area contributed by atoms with Crippen LogP contribution in [0.3, 0.4) is 0 Å². The van der Waals surface area contributed by atoms with Crippen LogP contribution in [0.5, 0.6) is 0 Å². The van der Waals surface area contributed by atoms with E-state index >= 15 is 0 Å². The zero-order valence-electron chi connectivity index (χ0n) is 16.5. The van der Waals surface area contributed by atoms with Gasteiger partial charge in [0.05, 0.1) is 25.3 Å². The topological polar surface area (TPSA) is 129 Å². The molecule has 12 heteroatoms. The number of urea groups is 1. The summed E-state index contributed by atoms with van der Waals surface area (Å²) in [7, 11) is -1.08. The molecule has 29 heavy (non-hydrogen) atoms. The lowest BCUT2D eigenvalue weighted by Gasteiger charge is -2.16. The summed E-state index contributed by atoms with van der Waals surface area (Å²) in [6.45, 7) is 1.47. The predicted octanol–water partition coefficient (Wildman–Crippen LogP) is 1.65. The van der Waals surface area contributed by atoms with E-state index in [0.717, 1.165) is 44.3 Å². The van der Waals surface area contributed by atoms with Crippen molar-refractivity contribution >= 4 is 41.8 Å². The van der Waals surface area contributed by atoms with Gasteiger partial charge in [-0.05, 0) is 25.7 Å². The van der Waals surface area contributed by atoms with E-state index in [-0.39, 0.29) is 29.9 Å². The number of nitrogens with one attached hydrogen (secondary N) is 3. The Hall–Kier alpha value is -0.210. The van der Waals surface area contributed by atoms with Crippen molar-refractivity contribution < 1.29 is 28.4 Å². The summed E-state index contributed by atoms with van der Waals surface area (Å²) < 4.78 is 10.1. The zero-order valence-corrected chi connectivity index (χ0v) is 19.3. The van der Waals surface area contributed by atoms with Gasteiger partial charge < -0.3 is 34.8 Å². The first-order valence-electron chi connectivity index (χ1n) is 10.1. The van der Waals surface area contributed by atoms with Crippen molar-refractivity contribution in [2.24, 2.45) is 5.92 Å². The Morgan fingerprint density at radius 2 is 1.93 bits per heavy atom. The Labute approximate surface area is 180 Å². The van der Waals surface area contributed by atoms with Crippen LogP contribution < -0.4 is 16.0 Å². The Morgan fingerprint density at radius 1 is 1.17 bits per heavy atom. The molecule has 168 valence electrons. The van der Waals surface area contributed by atoms with E-state index in [1.807, 2.05) is 11.8 Å². The van der Waals surface area contributed by atoms with Gasteiger partial charge in [0.1, 0.15) is 0 Å². The minimum atomic E-state index is -0.538. The Bertz CT molecular complexity index is 500. The molecule has 0 bridgehead atoms. The molecule has 5 atom stereocenters. The van der Waals surface area contributed by atoms with E-state index < -0.39 is 18.1 Å². The highest BCUT2D eigenvalue weighted by molar-refractivity contribution is 8.00. The summed E-state index contributed by atoms with van der Waals surface area (Å²) in [5.41, 5.74) is 0. The van der Waals surface area contributed by atoms with Crippen molar-refractivity contribution in [3.05, 3.63) is 0 Å². The summed E-state index contributed by atoms with van der Waals surface area (Å²) in [6, 6.07) is 0.432. The van der Waals surface area contributed by atoms with Crippen LogP contribution >= 0.6 is 29.8 Å². The third-order valence-electron chi connectivity index (χ3n) is 5.21. The zero-order chi connectivity index (χ0) is 20.9. The molecule has 2 aliphatic rings. The number of unbranched alkanes of at least 4 members (excludes halogenated alkanes) is 2. The molecule has 2 saturated heterocycles. The van der Waals surface area contributed by atoms with E-state index in [1.54, 1.807) is 0 Å². The summed E-state index contributed by atoms with van der Waals surface area (Å²) >= 11 is 1.90. The molecule has 2 fully saturated rings. The lowest BCUT2D eigenvalue weighted by molar-refractivity contribution is -0.121. The highest BCUT2D eigenvalue weighted by atomic mass is 32.2. The molecule has 0 spiro atoms. The largest absolute Gasteiger partial charge is 0.356 e. The minimum absolute atomic E-state index is 0.0569. The lowest BCUT2D eigenvalue weighted by Crippen LogP contribution is -2.36. The summed E-state index contributed by atoms with van der Waals surface area (Å²) in [5.74, 6) is 1.19. The van der Waals surface area contributed by atoms with Gasteiger partial charge in [0.25, 0.3) is 0 Å². The average Bonchev–Trinajstić information content (AvgIpc) is 3.25. The smallest absolute Gasteiger partial charge is 0.315 e. The molecular formula is C17H33N3O6P2S. The van der Waals surface area contributed by atoms with Gasteiger partial charge in [-0.15, -0.1) is 0 Å². The Kier molecular flexibility index (Phi) is 12.7. The fourth-order valence-electron chi connectivity index (χ4n) is 3.67. The summed E-state index contributed by atoms with van der Waals surface area (Å²) in [6.07, 6.45) is 6.06. The first-order chi connectivity index (χ1) is 14.1. The molecule has 0 radical (unpaired) electrons. The molecule has 0 aromatic rings. The number of hydrogen-bond donors (Lipinski definition) is 5. The van der Waals surface area contributed by atoms with Crippen LogP contribution in [0.15, 0.2) is 0 Å². The SMILES string of the molecule is O=C(CCCCC1SCC2NC(=O)NC21)NCCCCC(COPO)COPO. The maximum Gasteiger partial charge on any atom is 0.315 e. The molecule has 2 heterocycles. The maximum absolute atomic E-state index is 12.0. The quantitative estimate of drug-likeness (QED) is 0.132. The third-order valence-corrected chi connectivity index (χ3v) is 7.31. The van der Waals surface area contributed by atoms with Crippen LogP contribution in [0.4, 0.5) is 4.79 Å². The van der Waals surface area contributed by atoms with Gasteiger partial charge in [0, 0.05) is 29.9 Å². The molecule has 5 N–H and O–H groups in total. The molecular weight excluding hydrogens is 436 g/mol. The van der Waals surface area contributed by atoms with Gasteiger partial charge in [-0.2, -0.15) is 11.8 Å². The number of rotatable bonds is 16. The number of hydrogen-bond acceptors (Lipinski definition) is 7. The number of amides is 3. The van der Waals surface area contributed by atoms with Crippen molar-refractivity contribution in [2.45, 2.75) is 62.3 Å². The van der Waals surface area contributed by atoms with E-state index in [4.69, 9.17) is 18.8 Å². The second-order valence-electron chi connectivity index (χ2n) is 7.38. The van der Waals surface area contributed by atoms with E-state index in [1.165, 1.54) is 0 Å². The van der Waals surface area contributed by atoms with Crippen molar-refractivity contribution in [1.29, 1.82) is 0 Å². The summed E-state index contributed by atoms with van der Waals surface area (Å²) in [5, 5.41) is 9.35. The normalized spacial score (nSPS) is 24.9. The second-order valence-corrected chi connectivity index (χ2v) is 9.60. The van der Waals surface area contributed by atoms with Gasteiger partial charge in [-0.3, -0.25) is 4.79 Å². The van der Waals surface area contributed by atoms with Crippen LogP contribution in [0.1, 0.15) is 44.9 Å². The molecule has 2 rings (SSSR count). The molecule has 0 aromatic heterocycles. The van der Waals surface area contributed by atoms with Gasteiger partial charge >= 0.3 is 6.03 Å². The van der Waals surface area contributed by atoms with E-state index in [0.29, 0.717) is 31.4 Å². The van der Waals surface area contributed by atoms with Crippen molar-refractivity contribution in [1.82, 2.24) is 16.0 Å². The second kappa shape index (κ2) is 14.7. The lowest BCUT2D eigenvalue weighted by atomic mass is 10.0.